The fourth-order valence-corrected chi connectivity index (χ4v) is 14.7. The fraction of sp³-hybridized carbons (Fsp3) is 0.377. The number of imidazole rings is 1. The first-order chi connectivity index (χ1) is 35.1. The predicted octanol–water partition coefficient (Wildman–Crippen LogP) is 16.4. The Balaban J connectivity index is 1.14. The number of hydrogen-bond acceptors (Lipinski definition) is 3. The van der Waals surface area contributed by atoms with Gasteiger partial charge in [0.15, 0.2) is 0 Å². The summed E-state index contributed by atoms with van der Waals surface area (Å²) in [7, 11) is 0. The molecule has 6 aliphatic rings. The van der Waals surface area contributed by atoms with E-state index in [1.54, 1.807) is 5.56 Å². The highest BCUT2D eigenvalue weighted by Crippen LogP contribution is 2.62. The molecule has 0 saturated heterocycles. The summed E-state index contributed by atoms with van der Waals surface area (Å²) in [5.74, 6) is 3.44. The van der Waals surface area contributed by atoms with Crippen molar-refractivity contribution in [3.63, 3.8) is 0 Å². The molecule has 4 aliphatic carbocycles. The highest BCUT2D eigenvalue weighted by atomic mass is 15.2. The first kappa shape index (κ1) is 47.4. The number of rotatable bonds is 5. The maximum absolute atomic E-state index is 5.71. The summed E-state index contributed by atoms with van der Waals surface area (Å²) in [5, 5.41) is 0. The number of fused-ring (bicyclic) bond motifs is 5. The van der Waals surface area contributed by atoms with Crippen molar-refractivity contribution in [1.29, 1.82) is 0 Å². The highest BCUT2D eigenvalue weighted by Gasteiger charge is 2.53. The van der Waals surface area contributed by atoms with Crippen LogP contribution in [0.3, 0.4) is 0 Å². The van der Waals surface area contributed by atoms with Crippen LogP contribution in [0.15, 0.2) is 146 Å². The van der Waals surface area contributed by atoms with E-state index in [2.05, 4.69) is 243 Å². The second kappa shape index (κ2) is 16.3. The molecule has 4 fully saturated rings. The van der Waals surface area contributed by atoms with E-state index in [1.165, 1.54) is 111 Å². The average molecular weight is 971 g/mol. The molecule has 14 rings (SSSR count). The number of aromatic nitrogens is 2. The van der Waals surface area contributed by atoms with E-state index in [-0.39, 0.29) is 33.8 Å². The van der Waals surface area contributed by atoms with Crippen LogP contribution in [0.4, 0.5) is 34.1 Å². The molecule has 2 aliphatic heterocycles. The van der Waals surface area contributed by atoms with Gasteiger partial charge in [-0.25, -0.2) is 4.98 Å². The highest BCUT2D eigenvalue weighted by molar-refractivity contribution is 7.00. The van der Waals surface area contributed by atoms with Crippen molar-refractivity contribution in [2.45, 2.75) is 149 Å². The Morgan fingerprint density at radius 1 is 0.446 bits per heavy atom. The Morgan fingerprint density at radius 3 is 1.41 bits per heavy atom. The largest absolute Gasteiger partial charge is 0.311 e. The van der Waals surface area contributed by atoms with Gasteiger partial charge in [0.25, 0.3) is 6.71 Å². The van der Waals surface area contributed by atoms with Crippen LogP contribution in [0.5, 0.6) is 0 Å². The van der Waals surface area contributed by atoms with Crippen molar-refractivity contribution >= 4 is 68.3 Å². The number of anilines is 6. The summed E-state index contributed by atoms with van der Waals surface area (Å²) in [5.41, 5.74) is 23.1. The molecule has 74 heavy (non-hydrogen) atoms. The molecule has 3 heterocycles. The summed E-state index contributed by atoms with van der Waals surface area (Å²) in [6, 6.07) is 57.1. The van der Waals surface area contributed by atoms with Crippen LogP contribution in [-0.4, -0.2) is 16.3 Å². The number of benzene rings is 7. The van der Waals surface area contributed by atoms with Gasteiger partial charge in [-0.1, -0.05) is 162 Å². The fourth-order valence-electron chi connectivity index (χ4n) is 14.7. The van der Waals surface area contributed by atoms with Crippen LogP contribution in [-0.2, 0) is 27.1 Å². The van der Waals surface area contributed by atoms with Crippen LogP contribution in [0.25, 0.3) is 28.1 Å². The van der Waals surface area contributed by atoms with E-state index >= 15 is 0 Å². The normalized spacial score (nSPS) is 21.0. The number of nitrogens with zero attached hydrogens (tertiary/aromatic N) is 4. The predicted molar refractivity (Wildman–Crippen MR) is 315 cm³/mol. The topological polar surface area (TPSA) is 24.3 Å². The van der Waals surface area contributed by atoms with Gasteiger partial charge in [-0.2, -0.15) is 0 Å². The number of para-hydroxylation sites is 1. The van der Waals surface area contributed by atoms with E-state index in [9.17, 15) is 0 Å². The summed E-state index contributed by atoms with van der Waals surface area (Å²) >= 11 is 0. The molecule has 4 bridgehead atoms. The lowest BCUT2D eigenvalue weighted by Gasteiger charge is -2.57. The second-order valence-corrected chi connectivity index (χ2v) is 27.7. The quantitative estimate of drug-likeness (QED) is 0.161. The Morgan fingerprint density at radius 2 is 0.905 bits per heavy atom. The van der Waals surface area contributed by atoms with E-state index < -0.39 is 0 Å². The minimum atomic E-state index is -0.0503. The summed E-state index contributed by atoms with van der Waals surface area (Å²) in [6.07, 6.45) is 8.18. The molecule has 4 nitrogen and oxygen atoms in total. The zero-order valence-corrected chi connectivity index (χ0v) is 46.2. The molecular weight excluding hydrogens is 896 g/mol. The molecule has 0 N–H and O–H groups in total. The Labute approximate surface area is 442 Å². The van der Waals surface area contributed by atoms with Gasteiger partial charge in [0.1, 0.15) is 5.82 Å². The minimum Gasteiger partial charge on any atom is -0.311 e. The van der Waals surface area contributed by atoms with Crippen LogP contribution in [0, 0.1) is 17.8 Å². The Hall–Kier alpha value is -6.33. The minimum absolute atomic E-state index is 0.0243. The van der Waals surface area contributed by atoms with Gasteiger partial charge in [0.2, 0.25) is 0 Å². The van der Waals surface area contributed by atoms with E-state index in [4.69, 9.17) is 4.98 Å². The van der Waals surface area contributed by atoms with Gasteiger partial charge in [0.05, 0.1) is 11.0 Å². The van der Waals surface area contributed by atoms with Gasteiger partial charge in [-0.15, -0.1) is 0 Å². The van der Waals surface area contributed by atoms with Crippen LogP contribution in [0.2, 0.25) is 0 Å². The molecule has 1 aromatic heterocycles. The molecule has 8 aromatic rings. The van der Waals surface area contributed by atoms with Crippen LogP contribution in [0.1, 0.15) is 149 Å². The maximum atomic E-state index is 5.71. The van der Waals surface area contributed by atoms with Gasteiger partial charge < -0.3 is 9.80 Å². The summed E-state index contributed by atoms with van der Waals surface area (Å²) < 4.78 is 2.43. The third-order valence-corrected chi connectivity index (χ3v) is 18.4. The molecule has 0 amide bonds. The van der Waals surface area contributed by atoms with Gasteiger partial charge in [-0.3, -0.25) is 4.57 Å². The number of hydrogen-bond donors (Lipinski definition) is 0. The third-order valence-electron chi connectivity index (χ3n) is 18.4. The third kappa shape index (κ3) is 7.64. The van der Waals surface area contributed by atoms with Crippen molar-refractivity contribution in [2.24, 2.45) is 17.8 Å². The van der Waals surface area contributed by atoms with Crippen LogP contribution < -0.4 is 26.2 Å². The van der Waals surface area contributed by atoms with Crippen LogP contribution >= 0.6 is 0 Å². The van der Waals surface area contributed by atoms with E-state index in [1.807, 2.05) is 0 Å². The molecule has 374 valence electrons. The Bertz CT molecular complexity index is 3460. The molecular formula is C69H75BN4. The zero-order valence-electron chi connectivity index (χ0n) is 46.2. The first-order valence-corrected chi connectivity index (χ1v) is 28.0. The zero-order chi connectivity index (χ0) is 51.4. The smallest absolute Gasteiger partial charge is 0.252 e. The standard InChI is InChI=1S/C69H75BN4/c1-65(2,3)47-20-18-46(19-21-47)64-71-57-39-59-56(38-60(57)74(64)52-16-14-13-15-17-52)70-55-35-50(68(10,11)12)26-31-58(55)72(53-27-22-48(23-28-53)66(4,5)6)61-36-51(69-40-43-32-44(41-69)34-45(33-43)42-69)37-62(63(61)70)73(59)54-29-24-49(25-30-54)67(7,8)9/h13-31,35-39,43-45H,32-34,40-42H2,1-12H3. The molecule has 5 heteroatoms. The molecule has 4 saturated carbocycles. The molecule has 0 atom stereocenters. The summed E-state index contributed by atoms with van der Waals surface area (Å²) in [6.45, 7) is 27.9. The molecule has 0 spiro atoms. The SMILES string of the molecule is CC(C)(C)c1ccc(-c2nc3cc4c(cc3n2-c2ccccc2)B2c3cc(C(C)(C)C)ccc3N(c3ccc(C(C)(C)C)cc3)c3cc(C56CC7CC(CC(C7)C5)C6)cc(c32)N4c2ccc(C(C)(C)C)cc2)cc1. The maximum Gasteiger partial charge on any atom is 0.252 e. The van der Waals surface area contributed by atoms with Crippen molar-refractivity contribution in [1.82, 2.24) is 9.55 Å². The molecule has 0 unspecified atom stereocenters. The monoisotopic (exact) mass is 971 g/mol. The van der Waals surface area contributed by atoms with Gasteiger partial charge in [0, 0.05) is 45.4 Å². The molecule has 0 radical (unpaired) electrons. The second-order valence-electron chi connectivity index (χ2n) is 27.7. The lowest BCUT2D eigenvalue weighted by atomic mass is 9.33. The van der Waals surface area contributed by atoms with E-state index in [0.29, 0.717) is 0 Å². The lowest BCUT2D eigenvalue weighted by molar-refractivity contribution is -0.00514. The average Bonchev–Trinajstić information content (AvgIpc) is 3.77. The summed E-state index contributed by atoms with van der Waals surface area (Å²) in [4.78, 5) is 11.0. The van der Waals surface area contributed by atoms with Crippen molar-refractivity contribution in [3.8, 4) is 17.1 Å². The Kier molecular flexibility index (Phi) is 10.5. The van der Waals surface area contributed by atoms with Gasteiger partial charge >= 0.3 is 0 Å². The van der Waals surface area contributed by atoms with Crippen molar-refractivity contribution in [3.05, 3.63) is 173 Å². The van der Waals surface area contributed by atoms with Crippen molar-refractivity contribution in [2.75, 3.05) is 9.80 Å². The van der Waals surface area contributed by atoms with Crippen molar-refractivity contribution < 1.29 is 0 Å². The van der Waals surface area contributed by atoms with E-state index in [0.717, 1.165) is 45.9 Å². The lowest BCUT2D eigenvalue weighted by Crippen LogP contribution is -2.62. The first-order valence-electron chi connectivity index (χ1n) is 28.0. The van der Waals surface area contributed by atoms with Gasteiger partial charge in [-0.05, 0) is 194 Å². The molecule has 7 aromatic carbocycles.